The summed E-state index contributed by atoms with van der Waals surface area (Å²) in [5, 5.41) is 0. The van der Waals surface area contributed by atoms with Crippen LogP contribution in [0.5, 0.6) is 0 Å². The van der Waals surface area contributed by atoms with E-state index in [0.717, 1.165) is 22.5 Å². The minimum absolute atomic E-state index is 0.815. The number of aryl methyl sites for hydroxylation is 1. The van der Waals surface area contributed by atoms with E-state index in [1.807, 2.05) is 13.8 Å². The summed E-state index contributed by atoms with van der Waals surface area (Å²) in [5.41, 5.74) is 9.49. The molecule has 1 rings (SSSR count). The van der Waals surface area contributed by atoms with Crippen molar-refractivity contribution in [1.29, 1.82) is 0 Å². The lowest BCUT2D eigenvalue weighted by molar-refractivity contribution is 1.20. The Balaban J connectivity index is 3.36. The Morgan fingerprint density at radius 2 is 2.18 bits per heavy atom. The molecule has 2 N–H and O–H groups in total. The van der Waals surface area contributed by atoms with Gasteiger partial charge in [-0.3, -0.25) is 4.98 Å². The molecule has 1 heterocycles. The van der Waals surface area contributed by atoms with E-state index in [4.69, 9.17) is 5.73 Å². The number of anilines is 1. The first-order valence-electron chi connectivity index (χ1n) is 3.51. The second kappa shape index (κ2) is 2.74. The van der Waals surface area contributed by atoms with Crippen molar-refractivity contribution in [2.45, 2.75) is 13.8 Å². The van der Waals surface area contributed by atoms with Gasteiger partial charge in [0.2, 0.25) is 0 Å². The minimum Gasteiger partial charge on any atom is -0.398 e. The van der Waals surface area contributed by atoms with Crippen molar-refractivity contribution in [2.75, 3.05) is 5.73 Å². The van der Waals surface area contributed by atoms with E-state index in [1.165, 1.54) is 0 Å². The van der Waals surface area contributed by atoms with Crippen LogP contribution in [0, 0.1) is 13.8 Å². The molecule has 11 heavy (non-hydrogen) atoms. The first kappa shape index (κ1) is 7.79. The normalized spacial score (nSPS) is 9.64. The highest BCUT2D eigenvalue weighted by atomic mass is 14.7. The summed E-state index contributed by atoms with van der Waals surface area (Å²) in [4.78, 5) is 4.16. The second-order valence-electron chi connectivity index (χ2n) is 2.57. The number of rotatable bonds is 1. The number of hydrogen-bond acceptors (Lipinski definition) is 2. The van der Waals surface area contributed by atoms with Gasteiger partial charge in [0.15, 0.2) is 0 Å². The molecule has 58 valence electrons. The van der Waals surface area contributed by atoms with Gasteiger partial charge in [-0.15, -0.1) is 0 Å². The van der Waals surface area contributed by atoms with Gasteiger partial charge in [0.25, 0.3) is 0 Å². The molecule has 1 aromatic rings. The minimum atomic E-state index is 0.815. The van der Waals surface area contributed by atoms with Crippen LogP contribution in [0.2, 0.25) is 0 Å². The molecule has 0 spiro atoms. The number of nitrogens with two attached hydrogens (primary N) is 1. The third-order valence-electron chi connectivity index (χ3n) is 1.80. The zero-order chi connectivity index (χ0) is 8.43. The van der Waals surface area contributed by atoms with Crippen molar-refractivity contribution in [1.82, 2.24) is 4.98 Å². The van der Waals surface area contributed by atoms with E-state index in [2.05, 4.69) is 11.6 Å². The Kier molecular flexibility index (Phi) is 1.94. The maximum atomic E-state index is 5.77. The Labute approximate surface area is 66.8 Å². The first-order chi connectivity index (χ1) is 5.16. The molecule has 0 bridgehead atoms. The molecule has 0 unspecified atom stereocenters. The fourth-order valence-corrected chi connectivity index (χ4v) is 0.972. The summed E-state index contributed by atoms with van der Waals surface area (Å²) in [6.45, 7) is 7.54. The maximum absolute atomic E-state index is 5.77. The molecule has 0 aliphatic rings. The van der Waals surface area contributed by atoms with Crippen LogP contribution in [-0.2, 0) is 0 Å². The summed E-state index contributed by atoms with van der Waals surface area (Å²) < 4.78 is 0. The topological polar surface area (TPSA) is 38.9 Å². The van der Waals surface area contributed by atoms with Crippen molar-refractivity contribution < 1.29 is 0 Å². The van der Waals surface area contributed by atoms with Gasteiger partial charge in [0.1, 0.15) is 0 Å². The van der Waals surface area contributed by atoms with Gasteiger partial charge in [-0.25, -0.2) is 0 Å². The van der Waals surface area contributed by atoms with E-state index in [0.29, 0.717) is 0 Å². The zero-order valence-electron chi connectivity index (χ0n) is 6.89. The van der Waals surface area contributed by atoms with Gasteiger partial charge < -0.3 is 5.73 Å². The van der Waals surface area contributed by atoms with E-state index >= 15 is 0 Å². The van der Waals surface area contributed by atoms with E-state index in [9.17, 15) is 0 Å². The van der Waals surface area contributed by atoms with Crippen LogP contribution < -0.4 is 5.73 Å². The largest absolute Gasteiger partial charge is 0.398 e. The molecule has 2 heteroatoms. The summed E-state index contributed by atoms with van der Waals surface area (Å²) in [5.74, 6) is 0. The Hall–Kier alpha value is -1.31. The molecule has 1 aromatic heterocycles. The van der Waals surface area contributed by atoms with Crippen molar-refractivity contribution in [2.24, 2.45) is 0 Å². The van der Waals surface area contributed by atoms with Crippen LogP contribution in [0.25, 0.3) is 6.08 Å². The predicted octanol–water partition coefficient (Wildman–Crippen LogP) is 1.92. The molecular weight excluding hydrogens is 136 g/mol. The third kappa shape index (κ3) is 1.24. The van der Waals surface area contributed by atoms with Crippen LogP contribution in [-0.4, -0.2) is 4.98 Å². The highest BCUT2D eigenvalue weighted by molar-refractivity contribution is 5.60. The number of aromatic nitrogens is 1. The number of hydrogen-bond donors (Lipinski definition) is 1. The van der Waals surface area contributed by atoms with E-state index in [1.54, 1.807) is 12.3 Å². The van der Waals surface area contributed by atoms with Gasteiger partial charge >= 0.3 is 0 Å². The van der Waals surface area contributed by atoms with Crippen molar-refractivity contribution in [3.05, 3.63) is 29.6 Å². The summed E-state index contributed by atoms with van der Waals surface area (Å²) in [6, 6.07) is 0. The van der Waals surface area contributed by atoms with Crippen molar-refractivity contribution >= 4 is 11.8 Å². The summed E-state index contributed by atoms with van der Waals surface area (Å²) in [7, 11) is 0. The molecule has 0 aliphatic heterocycles. The van der Waals surface area contributed by atoms with Crippen LogP contribution in [0.15, 0.2) is 12.8 Å². The molecule has 0 aromatic carbocycles. The molecule has 0 radical (unpaired) electrons. The monoisotopic (exact) mass is 148 g/mol. The van der Waals surface area contributed by atoms with Crippen LogP contribution in [0.3, 0.4) is 0 Å². The highest BCUT2D eigenvalue weighted by Crippen LogP contribution is 2.17. The van der Waals surface area contributed by atoms with Crippen molar-refractivity contribution in [3.8, 4) is 0 Å². The molecule has 0 atom stereocenters. The van der Waals surface area contributed by atoms with Crippen LogP contribution in [0.4, 0.5) is 5.69 Å². The van der Waals surface area contributed by atoms with Crippen LogP contribution >= 0.6 is 0 Å². The third-order valence-corrected chi connectivity index (χ3v) is 1.80. The Morgan fingerprint density at radius 3 is 2.73 bits per heavy atom. The maximum Gasteiger partial charge on any atom is 0.0673 e. The van der Waals surface area contributed by atoms with E-state index < -0.39 is 0 Å². The number of nitrogen functional groups attached to an aromatic ring is 1. The van der Waals surface area contributed by atoms with Gasteiger partial charge in [-0.05, 0) is 31.1 Å². The molecule has 0 saturated heterocycles. The molecule has 0 amide bonds. The SMILES string of the molecule is C=Cc1ncc(C)c(N)c1C. The quantitative estimate of drug-likeness (QED) is 0.660. The lowest BCUT2D eigenvalue weighted by atomic mass is 10.1. The van der Waals surface area contributed by atoms with E-state index in [-0.39, 0.29) is 0 Å². The molecule has 0 aliphatic carbocycles. The van der Waals surface area contributed by atoms with Crippen LogP contribution in [0.1, 0.15) is 16.8 Å². The molecular formula is C9H12N2. The van der Waals surface area contributed by atoms with Crippen molar-refractivity contribution in [3.63, 3.8) is 0 Å². The predicted molar refractivity (Wildman–Crippen MR) is 48.2 cm³/mol. The Morgan fingerprint density at radius 1 is 1.55 bits per heavy atom. The van der Waals surface area contributed by atoms with Gasteiger partial charge in [0.05, 0.1) is 5.69 Å². The summed E-state index contributed by atoms with van der Waals surface area (Å²) in [6.07, 6.45) is 3.48. The summed E-state index contributed by atoms with van der Waals surface area (Å²) >= 11 is 0. The standard InChI is InChI=1S/C9H12N2/c1-4-8-7(3)9(10)6(2)5-11-8/h4-5H,1H2,2-3H3,(H2,10,11). The highest BCUT2D eigenvalue weighted by Gasteiger charge is 2.01. The van der Waals surface area contributed by atoms with Gasteiger partial charge in [0, 0.05) is 11.9 Å². The fraction of sp³-hybridized carbons (Fsp3) is 0.222. The number of pyridine rings is 1. The fourth-order valence-electron chi connectivity index (χ4n) is 0.972. The number of nitrogens with zero attached hydrogens (tertiary/aromatic N) is 1. The average molecular weight is 148 g/mol. The smallest absolute Gasteiger partial charge is 0.0673 e. The van der Waals surface area contributed by atoms with Gasteiger partial charge in [-0.2, -0.15) is 0 Å². The second-order valence-corrected chi connectivity index (χ2v) is 2.57. The lowest BCUT2D eigenvalue weighted by Gasteiger charge is -2.05. The first-order valence-corrected chi connectivity index (χ1v) is 3.51. The average Bonchev–Trinajstić information content (AvgIpc) is 2.01. The Bertz CT molecular complexity index is 290. The zero-order valence-corrected chi connectivity index (χ0v) is 6.89. The molecule has 0 saturated carbocycles. The molecule has 2 nitrogen and oxygen atoms in total. The lowest BCUT2D eigenvalue weighted by Crippen LogP contribution is -1.97. The van der Waals surface area contributed by atoms with Gasteiger partial charge in [-0.1, -0.05) is 6.58 Å². The molecule has 0 fully saturated rings.